The highest BCUT2D eigenvalue weighted by atomic mass is 35.5. The summed E-state index contributed by atoms with van der Waals surface area (Å²) >= 11 is 6.00. The van der Waals surface area contributed by atoms with E-state index < -0.39 is 0 Å². The van der Waals surface area contributed by atoms with Crippen LogP contribution >= 0.6 is 11.6 Å². The molecule has 1 aromatic rings. The average molecular weight is 228 g/mol. The lowest BCUT2D eigenvalue weighted by atomic mass is 10.2. The van der Waals surface area contributed by atoms with Gasteiger partial charge in [-0.15, -0.1) is 0 Å². The summed E-state index contributed by atoms with van der Waals surface area (Å²) in [4.78, 5) is 4.56. The number of ether oxygens (including phenoxy) is 1. The molecule has 0 saturated heterocycles. The summed E-state index contributed by atoms with van der Waals surface area (Å²) in [6, 6.07) is 5.55. The lowest BCUT2D eigenvalue weighted by molar-refractivity contribution is 0.124. The molecule has 0 unspecified atom stereocenters. The Kier molecular flexibility index (Phi) is 3.46. The van der Waals surface area contributed by atoms with Gasteiger partial charge in [0.2, 0.25) is 0 Å². The van der Waals surface area contributed by atoms with E-state index in [1.54, 1.807) is 6.07 Å². The number of nitrogens with two attached hydrogens (primary N) is 1. The zero-order valence-corrected chi connectivity index (χ0v) is 9.17. The first-order chi connectivity index (χ1) is 7.29. The molecule has 0 spiro atoms. The Morgan fingerprint density at radius 1 is 1.40 bits per heavy atom. The summed E-state index contributed by atoms with van der Waals surface area (Å²) in [7, 11) is 0. The molecule has 1 fully saturated rings. The lowest BCUT2D eigenvalue weighted by Crippen LogP contribution is -2.02. The van der Waals surface area contributed by atoms with Crippen LogP contribution in [0.25, 0.3) is 0 Å². The fraction of sp³-hybridized carbons (Fsp3) is 0.455. The van der Waals surface area contributed by atoms with Crippen molar-refractivity contribution in [2.24, 2.45) is 11.8 Å². The monoisotopic (exact) mass is 227 g/mol. The summed E-state index contributed by atoms with van der Waals surface area (Å²) in [5.74, 6) is 6.45. The summed E-state index contributed by atoms with van der Waals surface area (Å²) in [6.07, 6.45) is 2.53. The van der Waals surface area contributed by atoms with Gasteiger partial charge < -0.3 is 4.74 Å². The molecule has 0 atom stereocenters. The standard InChI is InChI=1S/C11H14ClNO2/c12-10-4-3-9(7-15-13)5-11(10)14-6-8-1-2-8/h3-5,8H,1-2,6-7,13H2. The van der Waals surface area contributed by atoms with Crippen LogP contribution in [0, 0.1) is 5.92 Å². The van der Waals surface area contributed by atoms with Gasteiger partial charge in [-0.2, -0.15) is 0 Å². The molecule has 2 N–H and O–H groups in total. The topological polar surface area (TPSA) is 44.5 Å². The molecule has 0 aromatic heterocycles. The number of hydrogen-bond donors (Lipinski definition) is 1. The summed E-state index contributed by atoms with van der Waals surface area (Å²) in [6.45, 7) is 1.13. The van der Waals surface area contributed by atoms with Gasteiger partial charge in [-0.25, -0.2) is 5.90 Å². The van der Waals surface area contributed by atoms with E-state index in [4.69, 9.17) is 22.2 Å². The molecule has 0 heterocycles. The van der Waals surface area contributed by atoms with Gasteiger partial charge in [-0.05, 0) is 36.5 Å². The minimum Gasteiger partial charge on any atom is -0.492 e. The highest BCUT2D eigenvalue weighted by Crippen LogP contribution is 2.32. The van der Waals surface area contributed by atoms with E-state index in [1.165, 1.54) is 12.8 Å². The molecule has 4 heteroatoms. The first-order valence-electron chi connectivity index (χ1n) is 5.02. The molecule has 0 aliphatic heterocycles. The van der Waals surface area contributed by atoms with Crippen LogP contribution in [-0.4, -0.2) is 6.61 Å². The number of rotatable bonds is 5. The van der Waals surface area contributed by atoms with Gasteiger partial charge in [0, 0.05) is 0 Å². The fourth-order valence-electron chi connectivity index (χ4n) is 1.34. The molecular formula is C11H14ClNO2. The molecule has 1 aromatic carbocycles. The first-order valence-corrected chi connectivity index (χ1v) is 5.40. The van der Waals surface area contributed by atoms with Gasteiger partial charge in [-0.3, -0.25) is 4.84 Å². The van der Waals surface area contributed by atoms with Crippen molar-refractivity contribution in [1.82, 2.24) is 0 Å². The predicted molar refractivity (Wildman–Crippen MR) is 58.6 cm³/mol. The minimum absolute atomic E-state index is 0.372. The average Bonchev–Trinajstić information content (AvgIpc) is 3.03. The van der Waals surface area contributed by atoms with Crippen LogP contribution < -0.4 is 10.6 Å². The van der Waals surface area contributed by atoms with E-state index in [2.05, 4.69) is 4.84 Å². The second-order valence-electron chi connectivity index (χ2n) is 3.83. The van der Waals surface area contributed by atoms with Crippen molar-refractivity contribution in [3.63, 3.8) is 0 Å². The molecule has 1 aliphatic carbocycles. The maximum atomic E-state index is 6.00. The molecule has 82 valence electrons. The molecule has 2 rings (SSSR count). The van der Waals surface area contributed by atoms with E-state index in [1.807, 2.05) is 12.1 Å². The van der Waals surface area contributed by atoms with E-state index in [0.717, 1.165) is 23.8 Å². The van der Waals surface area contributed by atoms with Crippen LogP contribution in [0.1, 0.15) is 18.4 Å². The van der Waals surface area contributed by atoms with Crippen molar-refractivity contribution in [1.29, 1.82) is 0 Å². The van der Waals surface area contributed by atoms with Crippen molar-refractivity contribution in [3.05, 3.63) is 28.8 Å². The highest BCUT2D eigenvalue weighted by molar-refractivity contribution is 6.32. The summed E-state index contributed by atoms with van der Waals surface area (Å²) in [5, 5.41) is 0.636. The Hall–Kier alpha value is -0.770. The normalized spacial score (nSPS) is 15.3. The van der Waals surface area contributed by atoms with Crippen LogP contribution in [0.5, 0.6) is 5.75 Å². The smallest absolute Gasteiger partial charge is 0.138 e. The molecule has 1 aliphatic rings. The third-order valence-corrected chi connectivity index (χ3v) is 2.73. The summed E-state index contributed by atoms with van der Waals surface area (Å²) < 4.78 is 5.62. The molecule has 0 bridgehead atoms. The molecule has 0 radical (unpaired) electrons. The van der Waals surface area contributed by atoms with E-state index in [-0.39, 0.29) is 0 Å². The SMILES string of the molecule is NOCc1ccc(Cl)c(OCC2CC2)c1. The van der Waals surface area contributed by atoms with Gasteiger partial charge in [0.15, 0.2) is 0 Å². The van der Waals surface area contributed by atoms with E-state index in [9.17, 15) is 0 Å². The second kappa shape index (κ2) is 4.84. The van der Waals surface area contributed by atoms with E-state index >= 15 is 0 Å². The molecule has 15 heavy (non-hydrogen) atoms. The van der Waals surface area contributed by atoms with Crippen molar-refractivity contribution in [3.8, 4) is 5.75 Å². The van der Waals surface area contributed by atoms with E-state index in [0.29, 0.717) is 11.6 Å². The second-order valence-corrected chi connectivity index (χ2v) is 4.24. The third kappa shape index (κ3) is 3.09. The third-order valence-electron chi connectivity index (χ3n) is 2.42. The van der Waals surface area contributed by atoms with Crippen LogP contribution in [0.3, 0.4) is 0 Å². The highest BCUT2D eigenvalue weighted by Gasteiger charge is 2.22. The van der Waals surface area contributed by atoms with Crippen LogP contribution in [0.4, 0.5) is 0 Å². The van der Waals surface area contributed by atoms with Crippen LogP contribution in [0.2, 0.25) is 5.02 Å². The Morgan fingerprint density at radius 3 is 2.87 bits per heavy atom. The van der Waals surface area contributed by atoms with Gasteiger partial charge in [-0.1, -0.05) is 17.7 Å². The summed E-state index contributed by atoms with van der Waals surface area (Å²) in [5.41, 5.74) is 0.965. The molecule has 1 saturated carbocycles. The van der Waals surface area contributed by atoms with Crippen LogP contribution in [-0.2, 0) is 11.4 Å². The fourth-order valence-corrected chi connectivity index (χ4v) is 1.51. The maximum Gasteiger partial charge on any atom is 0.138 e. The number of benzene rings is 1. The zero-order valence-electron chi connectivity index (χ0n) is 8.41. The Balaban J connectivity index is 2.01. The number of hydrogen-bond acceptors (Lipinski definition) is 3. The predicted octanol–water partition coefficient (Wildman–Crippen LogP) is 2.52. The Bertz CT molecular complexity index is 339. The lowest BCUT2D eigenvalue weighted by Gasteiger charge is -2.08. The Labute approximate surface area is 94.1 Å². The Morgan fingerprint density at radius 2 is 2.20 bits per heavy atom. The first kappa shape index (κ1) is 10.7. The minimum atomic E-state index is 0.372. The molecule has 3 nitrogen and oxygen atoms in total. The van der Waals surface area contributed by atoms with Crippen molar-refractivity contribution >= 4 is 11.6 Å². The maximum absolute atomic E-state index is 6.00. The molecule has 0 amide bonds. The van der Waals surface area contributed by atoms with Gasteiger partial charge in [0.1, 0.15) is 5.75 Å². The van der Waals surface area contributed by atoms with Gasteiger partial charge >= 0.3 is 0 Å². The quantitative estimate of drug-likeness (QED) is 0.787. The number of halogens is 1. The van der Waals surface area contributed by atoms with Gasteiger partial charge in [0.05, 0.1) is 18.2 Å². The van der Waals surface area contributed by atoms with Crippen molar-refractivity contribution < 1.29 is 9.57 Å². The van der Waals surface area contributed by atoms with Crippen molar-refractivity contribution in [2.75, 3.05) is 6.61 Å². The largest absolute Gasteiger partial charge is 0.492 e. The molecular weight excluding hydrogens is 214 g/mol. The zero-order chi connectivity index (χ0) is 10.7. The van der Waals surface area contributed by atoms with Crippen LogP contribution in [0.15, 0.2) is 18.2 Å². The van der Waals surface area contributed by atoms with Gasteiger partial charge in [0.25, 0.3) is 0 Å². The van der Waals surface area contributed by atoms with Crippen molar-refractivity contribution in [2.45, 2.75) is 19.4 Å².